The minimum Gasteiger partial charge on any atom is -0.490 e. The zero-order valence-electron chi connectivity index (χ0n) is 14.2. The van der Waals surface area contributed by atoms with E-state index in [2.05, 4.69) is 0 Å². The lowest BCUT2D eigenvalue weighted by Gasteiger charge is -2.13. The van der Waals surface area contributed by atoms with E-state index in [0.717, 1.165) is 0 Å². The SMILES string of the molecule is COc1cccc(C(C#N)OC(=O)C2C(C=C(Cl)Cl)C2(C)C)c1[N+](=O)[O-]. The Kier molecular flexibility index (Phi) is 5.79. The molecule has 0 bridgehead atoms. The maximum Gasteiger partial charge on any atom is 0.318 e. The number of carbonyl (C=O) groups excluding carboxylic acids is 1. The lowest BCUT2D eigenvalue weighted by molar-refractivity contribution is -0.386. The van der Waals surface area contributed by atoms with Crippen LogP contribution in [0.15, 0.2) is 28.8 Å². The second-order valence-electron chi connectivity index (χ2n) is 6.38. The summed E-state index contributed by atoms with van der Waals surface area (Å²) in [7, 11) is 1.28. The molecule has 0 aromatic heterocycles. The van der Waals surface area contributed by atoms with Gasteiger partial charge in [-0.2, -0.15) is 5.26 Å². The average Bonchev–Trinajstić information content (AvgIpc) is 3.10. The van der Waals surface area contributed by atoms with Gasteiger partial charge in [0, 0.05) is 0 Å². The average molecular weight is 399 g/mol. The van der Waals surface area contributed by atoms with Gasteiger partial charge in [0.2, 0.25) is 6.10 Å². The standard InChI is InChI=1S/C17H16Cl2N2O5/c1-17(2)10(7-13(18)19)14(17)16(22)26-12(8-20)9-5-4-6-11(25-3)15(9)21(23)24/h4-7,10,12,14H,1-3H3. The molecule has 1 saturated carbocycles. The van der Waals surface area contributed by atoms with Crippen molar-refractivity contribution in [3.05, 3.63) is 44.4 Å². The van der Waals surface area contributed by atoms with Crippen LogP contribution in [-0.2, 0) is 9.53 Å². The Bertz CT molecular complexity index is 812. The quantitative estimate of drug-likeness (QED) is 0.401. The summed E-state index contributed by atoms with van der Waals surface area (Å²) in [6.45, 7) is 3.68. The molecule has 7 nitrogen and oxygen atoms in total. The highest BCUT2D eigenvalue weighted by atomic mass is 35.5. The van der Waals surface area contributed by atoms with Gasteiger partial charge in [-0.25, -0.2) is 0 Å². The normalized spacial score (nSPS) is 21.1. The fraction of sp³-hybridized carbons (Fsp3) is 0.412. The third-order valence-corrected chi connectivity index (χ3v) is 4.79. The van der Waals surface area contributed by atoms with Crippen molar-refractivity contribution in [2.45, 2.75) is 20.0 Å². The molecule has 26 heavy (non-hydrogen) atoms. The molecule has 0 amide bonds. The molecule has 0 spiro atoms. The van der Waals surface area contributed by atoms with Crippen molar-refractivity contribution >= 4 is 34.9 Å². The third kappa shape index (κ3) is 3.76. The van der Waals surface area contributed by atoms with Gasteiger partial charge < -0.3 is 9.47 Å². The number of para-hydroxylation sites is 1. The van der Waals surface area contributed by atoms with Gasteiger partial charge in [0.1, 0.15) is 10.6 Å². The Hall–Kier alpha value is -2.30. The minimum absolute atomic E-state index is 0.0229. The molecular formula is C17H16Cl2N2O5. The summed E-state index contributed by atoms with van der Waals surface area (Å²) in [5.74, 6) is -1.45. The molecule has 0 radical (unpaired) electrons. The molecule has 1 aromatic carbocycles. The van der Waals surface area contributed by atoms with E-state index in [1.165, 1.54) is 25.3 Å². The summed E-state index contributed by atoms with van der Waals surface area (Å²) in [4.78, 5) is 23.2. The molecule has 1 aromatic rings. The molecule has 9 heteroatoms. The van der Waals surface area contributed by atoms with Crippen molar-refractivity contribution in [1.82, 2.24) is 0 Å². The highest BCUT2D eigenvalue weighted by molar-refractivity contribution is 6.55. The van der Waals surface area contributed by atoms with Crippen LogP contribution in [0.25, 0.3) is 0 Å². The summed E-state index contributed by atoms with van der Waals surface area (Å²) in [5.41, 5.74) is -0.900. The first-order valence-electron chi connectivity index (χ1n) is 7.59. The fourth-order valence-corrected chi connectivity index (χ4v) is 3.31. The Balaban J connectivity index is 2.30. The molecular weight excluding hydrogens is 383 g/mol. The first-order valence-corrected chi connectivity index (χ1v) is 8.35. The van der Waals surface area contributed by atoms with Gasteiger partial charge in [-0.05, 0) is 29.5 Å². The van der Waals surface area contributed by atoms with Crippen LogP contribution >= 0.6 is 23.2 Å². The number of halogens is 2. The zero-order valence-corrected chi connectivity index (χ0v) is 15.7. The molecule has 2 rings (SSSR count). The first-order chi connectivity index (χ1) is 12.1. The van der Waals surface area contributed by atoms with Crippen LogP contribution in [0.3, 0.4) is 0 Å². The van der Waals surface area contributed by atoms with Gasteiger partial charge >= 0.3 is 11.7 Å². The van der Waals surface area contributed by atoms with Gasteiger partial charge in [-0.1, -0.05) is 43.1 Å². The molecule has 0 heterocycles. The van der Waals surface area contributed by atoms with Crippen molar-refractivity contribution in [2.24, 2.45) is 17.3 Å². The maximum atomic E-state index is 12.5. The Labute approximate surface area is 160 Å². The van der Waals surface area contributed by atoms with E-state index in [9.17, 15) is 20.2 Å². The van der Waals surface area contributed by atoms with E-state index in [1.807, 2.05) is 13.8 Å². The molecule has 138 valence electrons. The van der Waals surface area contributed by atoms with E-state index in [1.54, 1.807) is 12.1 Å². The molecule has 0 N–H and O–H groups in total. The second-order valence-corrected chi connectivity index (χ2v) is 7.39. The van der Waals surface area contributed by atoms with Crippen LogP contribution in [0.2, 0.25) is 0 Å². The van der Waals surface area contributed by atoms with E-state index in [0.29, 0.717) is 0 Å². The topological polar surface area (TPSA) is 102 Å². The van der Waals surface area contributed by atoms with Crippen LogP contribution in [0.5, 0.6) is 5.75 Å². The molecule has 0 saturated heterocycles. The Morgan fingerprint density at radius 1 is 1.46 bits per heavy atom. The zero-order chi connectivity index (χ0) is 19.6. The summed E-state index contributed by atoms with van der Waals surface area (Å²) in [6, 6.07) is 6.02. The number of ether oxygens (including phenoxy) is 2. The predicted molar refractivity (Wildman–Crippen MR) is 94.6 cm³/mol. The number of nitro groups is 1. The van der Waals surface area contributed by atoms with E-state index < -0.39 is 34.0 Å². The van der Waals surface area contributed by atoms with Crippen molar-refractivity contribution < 1.29 is 19.2 Å². The second kappa shape index (κ2) is 7.52. The number of carbonyl (C=O) groups is 1. The predicted octanol–water partition coefficient (Wildman–Crippen LogP) is 4.30. The van der Waals surface area contributed by atoms with Gasteiger partial charge in [0.05, 0.1) is 23.5 Å². The van der Waals surface area contributed by atoms with Crippen molar-refractivity contribution in [1.29, 1.82) is 5.26 Å². The van der Waals surface area contributed by atoms with E-state index in [-0.39, 0.29) is 21.7 Å². The minimum atomic E-state index is -1.44. The number of methoxy groups -OCH3 is 1. The summed E-state index contributed by atoms with van der Waals surface area (Å²) >= 11 is 11.3. The number of rotatable bonds is 6. The third-order valence-electron chi connectivity index (χ3n) is 4.54. The van der Waals surface area contributed by atoms with Crippen LogP contribution in [0, 0.1) is 38.7 Å². The molecule has 3 atom stereocenters. The first kappa shape index (κ1) is 20.0. The number of nitriles is 1. The number of esters is 1. The number of nitrogens with zero attached hydrogens (tertiary/aromatic N) is 2. The van der Waals surface area contributed by atoms with E-state index >= 15 is 0 Å². The number of hydrogen-bond acceptors (Lipinski definition) is 6. The Morgan fingerprint density at radius 3 is 2.62 bits per heavy atom. The molecule has 0 aliphatic heterocycles. The Morgan fingerprint density at radius 2 is 2.12 bits per heavy atom. The van der Waals surface area contributed by atoms with Crippen LogP contribution in [0.1, 0.15) is 25.5 Å². The van der Waals surface area contributed by atoms with Gasteiger partial charge in [0.15, 0.2) is 5.75 Å². The van der Waals surface area contributed by atoms with Crippen LogP contribution in [0.4, 0.5) is 5.69 Å². The molecule has 1 aliphatic carbocycles. The monoisotopic (exact) mass is 398 g/mol. The number of nitro benzene ring substituents is 1. The largest absolute Gasteiger partial charge is 0.490 e. The highest BCUT2D eigenvalue weighted by Gasteiger charge is 2.62. The fourth-order valence-electron chi connectivity index (χ4n) is 3.03. The lowest BCUT2D eigenvalue weighted by atomic mass is 10.1. The summed E-state index contributed by atoms with van der Waals surface area (Å²) < 4.78 is 10.3. The molecule has 1 fully saturated rings. The van der Waals surface area contributed by atoms with Gasteiger partial charge in [-0.3, -0.25) is 14.9 Å². The number of benzene rings is 1. The van der Waals surface area contributed by atoms with Crippen LogP contribution < -0.4 is 4.74 Å². The van der Waals surface area contributed by atoms with Crippen LogP contribution in [-0.4, -0.2) is 18.0 Å². The number of allylic oxidation sites excluding steroid dienone is 1. The molecule has 3 unspecified atom stereocenters. The number of hydrogen-bond donors (Lipinski definition) is 0. The smallest absolute Gasteiger partial charge is 0.318 e. The molecule has 1 aliphatic rings. The van der Waals surface area contributed by atoms with E-state index in [4.69, 9.17) is 32.7 Å². The van der Waals surface area contributed by atoms with Crippen molar-refractivity contribution in [2.75, 3.05) is 7.11 Å². The highest BCUT2D eigenvalue weighted by Crippen LogP contribution is 2.60. The summed E-state index contributed by atoms with van der Waals surface area (Å²) in [5, 5.41) is 20.8. The lowest BCUT2D eigenvalue weighted by Crippen LogP contribution is -2.15. The van der Waals surface area contributed by atoms with Gasteiger partial charge in [-0.15, -0.1) is 0 Å². The van der Waals surface area contributed by atoms with Crippen molar-refractivity contribution in [3.8, 4) is 11.8 Å². The summed E-state index contributed by atoms with van der Waals surface area (Å²) in [6.07, 6.45) is 0.107. The maximum absolute atomic E-state index is 12.5. The van der Waals surface area contributed by atoms with Crippen molar-refractivity contribution in [3.63, 3.8) is 0 Å². The van der Waals surface area contributed by atoms with Gasteiger partial charge in [0.25, 0.3) is 0 Å².